The Hall–Kier alpha value is -1.65. The number of benzene rings is 1. The zero-order valence-electron chi connectivity index (χ0n) is 16.9. The molecule has 0 saturated carbocycles. The third-order valence-electron chi connectivity index (χ3n) is 5.54. The predicted octanol–water partition coefficient (Wildman–Crippen LogP) is 4.92. The lowest BCUT2D eigenvalue weighted by Gasteiger charge is -2.23. The summed E-state index contributed by atoms with van der Waals surface area (Å²) in [6.07, 6.45) is 2.37. The van der Waals surface area contributed by atoms with Crippen LogP contribution in [0.25, 0.3) is 10.9 Å². The summed E-state index contributed by atoms with van der Waals surface area (Å²) >= 11 is 0. The maximum absolute atomic E-state index is 6.04. The van der Waals surface area contributed by atoms with Gasteiger partial charge in [0, 0.05) is 17.0 Å². The van der Waals surface area contributed by atoms with E-state index in [-0.39, 0.29) is 5.60 Å². The summed E-state index contributed by atoms with van der Waals surface area (Å²) < 4.78 is 6.04. The first-order valence-electron chi connectivity index (χ1n) is 10.0. The van der Waals surface area contributed by atoms with Crippen LogP contribution in [-0.4, -0.2) is 35.6 Å². The fourth-order valence-electron chi connectivity index (χ4n) is 3.86. The molecule has 1 aromatic carbocycles. The van der Waals surface area contributed by atoms with Gasteiger partial charge in [-0.25, -0.2) is 4.98 Å². The van der Waals surface area contributed by atoms with Crippen LogP contribution in [0.15, 0.2) is 24.3 Å². The van der Waals surface area contributed by atoms with Crippen LogP contribution in [0.4, 0.5) is 5.69 Å². The Labute approximate surface area is 157 Å². The van der Waals surface area contributed by atoms with Crippen molar-refractivity contribution in [3.05, 3.63) is 35.5 Å². The SMILES string of the molecule is CCN(CC)CCCC(C)Nc1c2c(nc3ccccc13)C(C)(C)OC2. The number of hydrogen-bond donors (Lipinski definition) is 1. The van der Waals surface area contributed by atoms with Gasteiger partial charge in [0.25, 0.3) is 0 Å². The van der Waals surface area contributed by atoms with E-state index in [1.807, 2.05) is 0 Å². The molecule has 3 rings (SSSR count). The molecular weight excluding hydrogens is 322 g/mol. The van der Waals surface area contributed by atoms with Crippen LogP contribution in [0.2, 0.25) is 0 Å². The minimum Gasteiger partial charge on any atom is -0.382 e. The highest BCUT2D eigenvalue weighted by Crippen LogP contribution is 2.41. The highest BCUT2D eigenvalue weighted by atomic mass is 16.5. The first-order valence-corrected chi connectivity index (χ1v) is 10.0. The molecule has 0 aliphatic carbocycles. The molecule has 2 heterocycles. The van der Waals surface area contributed by atoms with Gasteiger partial charge in [-0.05, 0) is 59.3 Å². The fraction of sp³-hybridized carbons (Fsp3) is 0.591. The second-order valence-electron chi connectivity index (χ2n) is 7.84. The summed E-state index contributed by atoms with van der Waals surface area (Å²) in [7, 11) is 0. The molecule has 26 heavy (non-hydrogen) atoms. The van der Waals surface area contributed by atoms with Gasteiger partial charge in [0.2, 0.25) is 0 Å². The highest BCUT2D eigenvalue weighted by molar-refractivity contribution is 5.93. The summed E-state index contributed by atoms with van der Waals surface area (Å²) in [6.45, 7) is 15.0. The number of ether oxygens (including phenoxy) is 1. The second-order valence-corrected chi connectivity index (χ2v) is 7.84. The summed E-state index contributed by atoms with van der Waals surface area (Å²) in [5.74, 6) is 0. The van der Waals surface area contributed by atoms with Crippen molar-refractivity contribution in [1.29, 1.82) is 0 Å². The number of hydrogen-bond acceptors (Lipinski definition) is 4. The lowest BCUT2D eigenvalue weighted by molar-refractivity contribution is -0.00989. The summed E-state index contributed by atoms with van der Waals surface area (Å²) in [5, 5.41) is 4.99. The largest absolute Gasteiger partial charge is 0.382 e. The molecule has 2 aromatic rings. The Morgan fingerprint density at radius 2 is 1.96 bits per heavy atom. The lowest BCUT2D eigenvalue weighted by Crippen LogP contribution is -2.26. The van der Waals surface area contributed by atoms with Crippen LogP contribution in [0.3, 0.4) is 0 Å². The first kappa shape index (κ1) is 19.1. The number of fused-ring (bicyclic) bond motifs is 2. The standard InChI is InChI=1S/C22H33N3O/c1-6-25(7-2)14-10-11-16(3)23-20-17-12-8-9-13-19(17)24-21-18(20)15-26-22(21,4)5/h8-9,12-13,16H,6-7,10-11,14-15H2,1-5H3,(H,23,24). The third kappa shape index (κ3) is 3.86. The van der Waals surface area contributed by atoms with E-state index in [9.17, 15) is 0 Å². The van der Waals surface area contributed by atoms with Crippen LogP contribution < -0.4 is 5.32 Å². The molecule has 0 radical (unpaired) electrons. The number of nitrogens with zero attached hydrogens (tertiary/aromatic N) is 2. The molecule has 0 amide bonds. The predicted molar refractivity (Wildman–Crippen MR) is 110 cm³/mol. The minimum atomic E-state index is -0.318. The molecule has 1 unspecified atom stereocenters. The molecule has 0 fully saturated rings. The summed E-state index contributed by atoms with van der Waals surface area (Å²) in [6, 6.07) is 8.83. The Balaban J connectivity index is 1.81. The van der Waals surface area contributed by atoms with Crippen molar-refractivity contribution in [2.24, 2.45) is 0 Å². The zero-order chi connectivity index (χ0) is 18.7. The van der Waals surface area contributed by atoms with Crippen LogP contribution in [0.1, 0.15) is 58.7 Å². The number of pyridine rings is 1. The van der Waals surface area contributed by atoms with Crippen LogP contribution >= 0.6 is 0 Å². The van der Waals surface area contributed by atoms with Gasteiger partial charge in [-0.3, -0.25) is 0 Å². The van der Waals surface area contributed by atoms with Gasteiger partial charge in [0.1, 0.15) is 5.60 Å². The average molecular weight is 356 g/mol. The molecule has 1 atom stereocenters. The smallest absolute Gasteiger partial charge is 0.105 e. The molecular formula is C22H33N3O. The van der Waals surface area contributed by atoms with Crippen molar-refractivity contribution in [1.82, 2.24) is 9.88 Å². The van der Waals surface area contributed by atoms with E-state index in [2.05, 4.69) is 69.1 Å². The van der Waals surface area contributed by atoms with Gasteiger partial charge in [0.05, 0.1) is 23.5 Å². The van der Waals surface area contributed by atoms with Gasteiger partial charge >= 0.3 is 0 Å². The Kier molecular flexibility index (Phi) is 5.83. The van der Waals surface area contributed by atoms with Crippen LogP contribution in [0.5, 0.6) is 0 Å². The van der Waals surface area contributed by atoms with Crippen molar-refractivity contribution in [2.45, 2.75) is 65.7 Å². The zero-order valence-corrected chi connectivity index (χ0v) is 16.9. The van der Waals surface area contributed by atoms with Crippen molar-refractivity contribution >= 4 is 16.6 Å². The van der Waals surface area contributed by atoms with Crippen molar-refractivity contribution in [3.63, 3.8) is 0 Å². The van der Waals surface area contributed by atoms with Gasteiger partial charge < -0.3 is 15.0 Å². The molecule has 4 heteroatoms. The van der Waals surface area contributed by atoms with Crippen molar-refractivity contribution in [2.75, 3.05) is 25.0 Å². The molecule has 0 spiro atoms. The lowest BCUT2D eigenvalue weighted by atomic mass is 9.98. The van der Waals surface area contributed by atoms with E-state index < -0.39 is 0 Å². The minimum absolute atomic E-state index is 0.318. The van der Waals surface area contributed by atoms with E-state index in [1.165, 1.54) is 29.6 Å². The Morgan fingerprint density at radius 3 is 2.69 bits per heavy atom. The Bertz CT molecular complexity index is 752. The van der Waals surface area contributed by atoms with Crippen molar-refractivity contribution < 1.29 is 4.74 Å². The molecule has 1 aliphatic heterocycles. The molecule has 4 nitrogen and oxygen atoms in total. The monoisotopic (exact) mass is 355 g/mol. The topological polar surface area (TPSA) is 37.4 Å². The number of aromatic nitrogens is 1. The number of nitrogens with one attached hydrogen (secondary N) is 1. The van der Waals surface area contributed by atoms with Gasteiger partial charge in [-0.2, -0.15) is 0 Å². The summed E-state index contributed by atoms with van der Waals surface area (Å²) in [4.78, 5) is 7.40. The van der Waals surface area contributed by atoms with E-state index >= 15 is 0 Å². The van der Waals surface area contributed by atoms with Gasteiger partial charge in [-0.15, -0.1) is 0 Å². The molecule has 0 bridgehead atoms. The molecule has 1 aromatic heterocycles. The quantitative estimate of drug-likeness (QED) is 0.729. The summed E-state index contributed by atoms with van der Waals surface area (Å²) in [5.41, 5.74) is 4.24. The maximum atomic E-state index is 6.04. The van der Waals surface area contributed by atoms with Crippen molar-refractivity contribution in [3.8, 4) is 0 Å². The molecule has 1 aliphatic rings. The molecule has 142 valence electrons. The van der Waals surface area contributed by atoms with E-state index in [1.54, 1.807) is 0 Å². The number of para-hydroxylation sites is 1. The van der Waals surface area contributed by atoms with Gasteiger partial charge in [0.15, 0.2) is 0 Å². The maximum Gasteiger partial charge on any atom is 0.105 e. The molecule has 1 N–H and O–H groups in total. The van der Waals surface area contributed by atoms with E-state index in [4.69, 9.17) is 9.72 Å². The normalized spacial score (nSPS) is 16.8. The Morgan fingerprint density at radius 1 is 1.23 bits per heavy atom. The first-order chi connectivity index (χ1) is 12.5. The number of anilines is 1. The van der Waals surface area contributed by atoms with Crippen LogP contribution in [-0.2, 0) is 16.9 Å². The second kappa shape index (κ2) is 7.93. The van der Waals surface area contributed by atoms with E-state index in [0.717, 1.165) is 30.7 Å². The third-order valence-corrected chi connectivity index (χ3v) is 5.54. The average Bonchev–Trinajstić information content (AvgIpc) is 2.93. The molecule has 0 saturated heterocycles. The highest BCUT2D eigenvalue weighted by Gasteiger charge is 2.35. The van der Waals surface area contributed by atoms with Crippen LogP contribution in [0, 0.1) is 0 Å². The number of rotatable bonds is 8. The van der Waals surface area contributed by atoms with E-state index in [0.29, 0.717) is 12.6 Å². The fourth-order valence-corrected chi connectivity index (χ4v) is 3.86. The van der Waals surface area contributed by atoms with Gasteiger partial charge in [-0.1, -0.05) is 32.0 Å².